The van der Waals surface area contributed by atoms with Crippen LogP contribution in [-0.2, 0) is 14.8 Å². The summed E-state index contributed by atoms with van der Waals surface area (Å²) >= 11 is 1.23. The molecule has 0 aliphatic carbocycles. The van der Waals surface area contributed by atoms with E-state index in [1.54, 1.807) is 36.5 Å². The maximum absolute atomic E-state index is 12.8. The minimum absolute atomic E-state index is 0.00534. The number of nitrogens with zero attached hydrogens (tertiary/aromatic N) is 3. The molecule has 3 rings (SSSR count). The van der Waals surface area contributed by atoms with E-state index < -0.39 is 16.1 Å². The summed E-state index contributed by atoms with van der Waals surface area (Å²) in [6, 6.07) is 12.6. The standard InChI is InChI=1S/C18H23N3O3S2/c1-19(2)18(22)17(15-7-4-3-5-8-15)20-10-12-21(13-11-20)26(23,24)16-9-6-14-25-16/h3-9,14,17H,10-13H2,1-2H3. The molecule has 2 aromatic rings. The summed E-state index contributed by atoms with van der Waals surface area (Å²) in [4.78, 5) is 16.4. The van der Waals surface area contributed by atoms with Crippen molar-refractivity contribution in [3.63, 3.8) is 0 Å². The van der Waals surface area contributed by atoms with Gasteiger partial charge in [0.25, 0.3) is 10.0 Å². The number of rotatable bonds is 5. The maximum Gasteiger partial charge on any atom is 0.252 e. The molecule has 1 fully saturated rings. The fourth-order valence-corrected chi connectivity index (χ4v) is 5.70. The SMILES string of the molecule is CN(C)C(=O)C(c1ccccc1)N1CCN(S(=O)(=O)c2cccs2)CC1. The van der Waals surface area contributed by atoms with Gasteiger partial charge >= 0.3 is 0 Å². The van der Waals surface area contributed by atoms with E-state index in [4.69, 9.17) is 0 Å². The zero-order valence-electron chi connectivity index (χ0n) is 14.9. The summed E-state index contributed by atoms with van der Waals surface area (Å²) in [5.41, 5.74) is 0.931. The normalized spacial score (nSPS) is 17.8. The number of carbonyl (C=O) groups is 1. The van der Waals surface area contributed by atoms with Gasteiger partial charge in [0, 0.05) is 40.3 Å². The monoisotopic (exact) mass is 393 g/mol. The van der Waals surface area contributed by atoms with Crippen molar-refractivity contribution in [1.29, 1.82) is 0 Å². The third-order valence-electron chi connectivity index (χ3n) is 4.52. The van der Waals surface area contributed by atoms with Crippen molar-refractivity contribution in [2.24, 2.45) is 0 Å². The van der Waals surface area contributed by atoms with E-state index in [1.165, 1.54) is 15.6 Å². The lowest BCUT2D eigenvalue weighted by Crippen LogP contribution is -2.52. The van der Waals surface area contributed by atoms with Crippen molar-refractivity contribution in [3.8, 4) is 0 Å². The van der Waals surface area contributed by atoms with Crippen LogP contribution in [0.4, 0.5) is 0 Å². The van der Waals surface area contributed by atoms with E-state index >= 15 is 0 Å². The average Bonchev–Trinajstić information content (AvgIpc) is 3.19. The molecule has 0 saturated carbocycles. The highest BCUT2D eigenvalue weighted by Crippen LogP contribution is 2.27. The number of amides is 1. The first kappa shape index (κ1) is 19.0. The highest BCUT2D eigenvalue weighted by Gasteiger charge is 2.35. The molecule has 1 atom stereocenters. The third kappa shape index (κ3) is 3.83. The van der Waals surface area contributed by atoms with Crippen molar-refractivity contribution in [2.45, 2.75) is 10.3 Å². The molecule has 140 valence electrons. The Labute approximate surface area is 158 Å². The highest BCUT2D eigenvalue weighted by atomic mass is 32.2. The van der Waals surface area contributed by atoms with E-state index in [1.807, 2.05) is 30.3 Å². The second kappa shape index (κ2) is 7.87. The van der Waals surface area contributed by atoms with Crippen molar-refractivity contribution in [3.05, 3.63) is 53.4 Å². The highest BCUT2D eigenvalue weighted by molar-refractivity contribution is 7.91. The average molecular weight is 394 g/mol. The molecule has 1 aliphatic heterocycles. The number of thiophene rings is 1. The Morgan fingerprint density at radius 3 is 2.23 bits per heavy atom. The van der Waals surface area contributed by atoms with Gasteiger partial charge in [-0.3, -0.25) is 9.69 Å². The van der Waals surface area contributed by atoms with Crippen LogP contribution in [0.1, 0.15) is 11.6 Å². The molecule has 8 heteroatoms. The lowest BCUT2D eigenvalue weighted by molar-refractivity contribution is -0.135. The molecular weight excluding hydrogens is 370 g/mol. The lowest BCUT2D eigenvalue weighted by atomic mass is 10.0. The van der Waals surface area contributed by atoms with Crippen LogP contribution in [0.25, 0.3) is 0 Å². The first-order chi connectivity index (χ1) is 12.4. The van der Waals surface area contributed by atoms with Gasteiger partial charge in [-0.05, 0) is 17.0 Å². The molecule has 1 amide bonds. The van der Waals surface area contributed by atoms with Gasteiger partial charge in [-0.15, -0.1) is 11.3 Å². The molecule has 26 heavy (non-hydrogen) atoms. The molecule has 0 N–H and O–H groups in total. The third-order valence-corrected chi connectivity index (χ3v) is 7.79. The van der Waals surface area contributed by atoms with Gasteiger partial charge in [-0.1, -0.05) is 36.4 Å². The quantitative estimate of drug-likeness (QED) is 0.778. The maximum atomic E-state index is 12.8. The van der Waals surface area contributed by atoms with Crippen LogP contribution >= 0.6 is 11.3 Å². The molecule has 1 aromatic carbocycles. The molecule has 1 saturated heterocycles. The Hall–Kier alpha value is -1.74. The largest absolute Gasteiger partial charge is 0.347 e. The van der Waals surface area contributed by atoms with Crippen LogP contribution < -0.4 is 0 Å². The Balaban J connectivity index is 1.77. The topological polar surface area (TPSA) is 60.9 Å². The Bertz CT molecular complexity index is 828. The van der Waals surface area contributed by atoms with Gasteiger partial charge in [0.15, 0.2) is 0 Å². The first-order valence-electron chi connectivity index (χ1n) is 8.45. The zero-order chi connectivity index (χ0) is 18.7. The Kier molecular flexibility index (Phi) is 5.76. The summed E-state index contributed by atoms with van der Waals surface area (Å²) in [7, 11) is 0.0524. The van der Waals surface area contributed by atoms with Crippen molar-refractivity contribution < 1.29 is 13.2 Å². The van der Waals surface area contributed by atoms with Crippen molar-refractivity contribution in [1.82, 2.24) is 14.1 Å². The van der Waals surface area contributed by atoms with Crippen LogP contribution in [-0.4, -0.2) is 68.7 Å². The summed E-state index contributed by atoms with van der Waals surface area (Å²) in [5.74, 6) is 0.00534. The second-order valence-electron chi connectivity index (χ2n) is 6.42. The number of hydrogen-bond donors (Lipinski definition) is 0. The van der Waals surface area contributed by atoms with Gasteiger partial charge in [0.05, 0.1) is 0 Å². The van der Waals surface area contributed by atoms with E-state index in [2.05, 4.69) is 4.90 Å². The molecule has 1 aromatic heterocycles. The number of piperazine rings is 1. The fraction of sp³-hybridized carbons (Fsp3) is 0.389. The van der Waals surface area contributed by atoms with Crippen molar-refractivity contribution in [2.75, 3.05) is 40.3 Å². The van der Waals surface area contributed by atoms with Gasteiger partial charge in [-0.2, -0.15) is 4.31 Å². The minimum Gasteiger partial charge on any atom is -0.347 e. The van der Waals surface area contributed by atoms with Gasteiger partial charge in [0.1, 0.15) is 10.3 Å². The fourth-order valence-electron chi connectivity index (χ4n) is 3.13. The predicted octanol–water partition coefficient (Wildman–Crippen LogP) is 1.88. The van der Waals surface area contributed by atoms with Crippen LogP contribution in [0.3, 0.4) is 0 Å². The number of carbonyl (C=O) groups excluding carboxylic acids is 1. The van der Waals surface area contributed by atoms with Gasteiger partial charge in [0.2, 0.25) is 5.91 Å². The van der Waals surface area contributed by atoms with E-state index in [-0.39, 0.29) is 5.91 Å². The molecule has 1 aliphatic rings. The molecule has 0 bridgehead atoms. The summed E-state index contributed by atoms with van der Waals surface area (Å²) < 4.78 is 27.2. The summed E-state index contributed by atoms with van der Waals surface area (Å²) in [6.07, 6.45) is 0. The predicted molar refractivity (Wildman–Crippen MR) is 103 cm³/mol. The molecule has 0 radical (unpaired) electrons. The smallest absolute Gasteiger partial charge is 0.252 e. The summed E-state index contributed by atoms with van der Waals surface area (Å²) in [5, 5.41) is 1.77. The van der Waals surface area contributed by atoms with Gasteiger partial charge in [-0.25, -0.2) is 8.42 Å². The zero-order valence-corrected chi connectivity index (χ0v) is 16.5. The van der Waals surface area contributed by atoms with Crippen LogP contribution in [0.2, 0.25) is 0 Å². The number of hydrogen-bond acceptors (Lipinski definition) is 5. The number of sulfonamides is 1. The Morgan fingerprint density at radius 1 is 1.04 bits per heavy atom. The van der Waals surface area contributed by atoms with Gasteiger partial charge < -0.3 is 4.90 Å². The Morgan fingerprint density at radius 2 is 1.69 bits per heavy atom. The van der Waals surface area contributed by atoms with E-state index in [9.17, 15) is 13.2 Å². The van der Waals surface area contributed by atoms with Crippen LogP contribution in [0.5, 0.6) is 0 Å². The minimum atomic E-state index is -3.44. The van der Waals surface area contributed by atoms with Crippen LogP contribution in [0.15, 0.2) is 52.1 Å². The summed E-state index contributed by atoms with van der Waals surface area (Å²) in [6.45, 7) is 1.79. The molecule has 6 nitrogen and oxygen atoms in total. The molecular formula is C18H23N3O3S2. The number of likely N-dealkylation sites (N-methyl/N-ethyl adjacent to an activating group) is 1. The molecule has 1 unspecified atom stereocenters. The van der Waals surface area contributed by atoms with E-state index in [0.717, 1.165) is 5.56 Å². The van der Waals surface area contributed by atoms with Crippen molar-refractivity contribution >= 4 is 27.3 Å². The number of benzene rings is 1. The first-order valence-corrected chi connectivity index (χ1v) is 10.8. The second-order valence-corrected chi connectivity index (χ2v) is 9.53. The molecule has 2 heterocycles. The van der Waals surface area contributed by atoms with E-state index in [0.29, 0.717) is 30.4 Å². The molecule has 0 spiro atoms. The lowest BCUT2D eigenvalue weighted by Gasteiger charge is -2.38. The van der Waals surface area contributed by atoms with Crippen LogP contribution in [0, 0.1) is 0 Å².